The Labute approximate surface area is 155 Å². The Morgan fingerprint density at radius 2 is 1.92 bits per heavy atom. The van der Waals surface area contributed by atoms with E-state index in [0.717, 1.165) is 15.9 Å². The molecular formula is C19H18FN3O2S. The monoisotopic (exact) mass is 371 g/mol. The second-order valence-corrected chi connectivity index (χ2v) is 6.50. The number of rotatable bonds is 7. The van der Waals surface area contributed by atoms with Crippen molar-refractivity contribution < 1.29 is 13.9 Å². The summed E-state index contributed by atoms with van der Waals surface area (Å²) in [5.74, 6) is 1.10. The van der Waals surface area contributed by atoms with E-state index in [0.29, 0.717) is 24.7 Å². The van der Waals surface area contributed by atoms with Crippen LogP contribution in [0.25, 0.3) is 10.9 Å². The Hall–Kier alpha value is -2.67. The molecule has 0 bridgehead atoms. The van der Waals surface area contributed by atoms with E-state index in [1.54, 1.807) is 12.1 Å². The maximum Gasteiger partial charge on any atom is 0.230 e. The number of para-hydroxylation sites is 1. The van der Waals surface area contributed by atoms with Crippen molar-refractivity contribution in [2.24, 2.45) is 0 Å². The third-order valence-corrected chi connectivity index (χ3v) is 4.52. The van der Waals surface area contributed by atoms with Gasteiger partial charge in [0, 0.05) is 5.39 Å². The van der Waals surface area contributed by atoms with Crippen molar-refractivity contribution in [3.05, 3.63) is 60.2 Å². The van der Waals surface area contributed by atoms with Crippen molar-refractivity contribution in [1.29, 1.82) is 0 Å². The number of amides is 1. The summed E-state index contributed by atoms with van der Waals surface area (Å²) in [6.45, 7) is 2.53. The molecule has 1 aromatic heterocycles. The predicted molar refractivity (Wildman–Crippen MR) is 99.9 cm³/mol. The van der Waals surface area contributed by atoms with Gasteiger partial charge in [-0.3, -0.25) is 4.79 Å². The quantitative estimate of drug-likeness (QED) is 0.392. The first-order chi connectivity index (χ1) is 12.6. The Morgan fingerprint density at radius 1 is 1.15 bits per heavy atom. The van der Waals surface area contributed by atoms with Gasteiger partial charge in [-0.2, -0.15) is 0 Å². The molecule has 0 saturated carbocycles. The van der Waals surface area contributed by atoms with Crippen LogP contribution in [0.4, 0.5) is 4.39 Å². The zero-order valence-electron chi connectivity index (χ0n) is 14.2. The highest BCUT2D eigenvalue weighted by Gasteiger charge is 2.09. The second-order valence-electron chi connectivity index (χ2n) is 5.53. The molecule has 0 aliphatic heterocycles. The molecule has 0 saturated heterocycles. The fourth-order valence-corrected chi connectivity index (χ4v) is 3.24. The molecule has 7 heteroatoms. The van der Waals surface area contributed by atoms with E-state index in [4.69, 9.17) is 4.74 Å². The Morgan fingerprint density at radius 3 is 2.73 bits per heavy atom. The Kier molecular flexibility index (Phi) is 6.01. The summed E-state index contributed by atoms with van der Waals surface area (Å²) in [5.41, 5.74) is 0.871. The summed E-state index contributed by atoms with van der Waals surface area (Å²) >= 11 is 1.38. The number of benzene rings is 2. The molecule has 3 rings (SSSR count). The smallest absolute Gasteiger partial charge is 0.230 e. The zero-order chi connectivity index (χ0) is 18.4. The van der Waals surface area contributed by atoms with Crippen LogP contribution >= 0.6 is 11.8 Å². The van der Waals surface area contributed by atoms with Crippen LogP contribution in [0.15, 0.2) is 53.6 Å². The lowest BCUT2D eigenvalue weighted by Gasteiger charge is -2.08. The molecule has 1 amide bonds. The largest absolute Gasteiger partial charge is 0.492 e. The number of ether oxygens (including phenoxy) is 1. The first-order valence-electron chi connectivity index (χ1n) is 8.13. The number of aromatic nitrogens is 2. The van der Waals surface area contributed by atoms with Gasteiger partial charge in [0.1, 0.15) is 29.0 Å². The average Bonchev–Trinajstić information content (AvgIpc) is 2.64. The topological polar surface area (TPSA) is 64.1 Å². The van der Waals surface area contributed by atoms with Gasteiger partial charge in [-0.25, -0.2) is 14.4 Å². The molecule has 0 aliphatic carbocycles. The van der Waals surface area contributed by atoms with Crippen molar-refractivity contribution in [3.8, 4) is 5.75 Å². The van der Waals surface area contributed by atoms with Crippen molar-refractivity contribution >= 4 is 28.6 Å². The molecule has 3 aromatic rings. The van der Waals surface area contributed by atoms with E-state index in [1.165, 1.54) is 23.9 Å². The molecule has 0 spiro atoms. The third kappa shape index (κ3) is 4.92. The van der Waals surface area contributed by atoms with Crippen LogP contribution in [0.5, 0.6) is 5.75 Å². The SMILES string of the molecule is Cc1nc(SCC(=O)NCCOc2ccc(F)cc2)c2ccccc2n1. The van der Waals surface area contributed by atoms with Gasteiger partial charge >= 0.3 is 0 Å². The number of hydrogen-bond acceptors (Lipinski definition) is 5. The number of carbonyl (C=O) groups is 1. The summed E-state index contributed by atoms with van der Waals surface area (Å²) in [4.78, 5) is 20.8. The molecule has 0 aliphatic rings. The fraction of sp³-hybridized carbons (Fsp3) is 0.211. The Bertz CT molecular complexity index is 903. The molecule has 2 aromatic carbocycles. The van der Waals surface area contributed by atoms with Crippen LogP contribution in [0.2, 0.25) is 0 Å². The summed E-state index contributed by atoms with van der Waals surface area (Å²) in [6.07, 6.45) is 0. The minimum Gasteiger partial charge on any atom is -0.492 e. The summed E-state index contributed by atoms with van der Waals surface area (Å²) in [6, 6.07) is 13.5. The molecule has 26 heavy (non-hydrogen) atoms. The predicted octanol–water partition coefficient (Wildman–Crippen LogP) is 3.36. The normalized spacial score (nSPS) is 10.7. The summed E-state index contributed by atoms with van der Waals surface area (Å²) in [5, 5.41) is 4.53. The highest BCUT2D eigenvalue weighted by atomic mass is 32.2. The molecular weight excluding hydrogens is 353 g/mol. The number of aryl methyl sites for hydroxylation is 1. The molecule has 1 N–H and O–H groups in total. The van der Waals surface area contributed by atoms with Gasteiger partial charge < -0.3 is 10.1 Å². The number of carbonyl (C=O) groups excluding carboxylic acids is 1. The van der Waals surface area contributed by atoms with Gasteiger partial charge in [0.2, 0.25) is 5.91 Å². The van der Waals surface area contributed by atoms with Crippen LogP contribution in [-0.4, -0.2) is 34.8 Å². The van der Waals surface area contributed by atoms with E-state index in [1.807, 2.05) is 31.2 Å². The molecule has 0 fully saturated rings. The maximum atomic E-state index is 12.8. The number of nitrogens with zero attached hydrogens (tertiary/aromatic N) is 2. The van der Waals surface area contributed by atoms with Crippen molar-refractivity contribution in [2.75, 3.05) is 18.9 Å². The highest BCUT2D eigenvalue weighted by molar-refractivity contribution is 8.00. The molecule has 1 heterocycles. The van der Waals surface area contributed by atoms with Gasteiger partial charge in [0.05, 0.1) is 17.8 Å². The average molecular weight is 371 g/mol. The lowest BCUT2D eigenvalue weighted by atomic mass is 10.2. The lowest BCUT2D eigenvalue weighted by molar-refractivity contribution is -0.118. The maximum absolute atomic E-state index is 12.8. The lowest BCUT2D eigenvalue weighted by Crippen LogP contribution is -2.29. The number of nitrogens with one attached hydrogen (secondary N) is 1. The van der Waals surface area contributed by atoms with Gasteiger partial charge in [0.15, 0.2) is 0 Å². The second kappa shape index (κ2) is 8.62. The third-order valence-electron chi connectivity index (χ3n) is 3.53. The zero-order valence-corrected chi connectivity index (χ0v) is 15.1. The van der Waals surface area contributed by atoms with E-state index in [2.05, 4.69) is 15.3 Å². The first-order valence-corrected chi connectivity index (χ1v) is 9.11. The van der Waals surface area contributed by atoms with Crippen molar-refractivity contribution in [3.63, 3.8) is 0 Å². The van der Waals surface area contributed by atoms with Gasteiger partial charge in [0.25, 0.3) is 0 Å². The van der Waals surface area contributed by atoms with Gasteiger partial charge in [-0.05, 0) is 37.3 Å². The van der Waals surface area contributed by atoms with Crippen molar-refractivity contribution in [2.45, 2.75) is 11.9 Å². The summed E-state index contributed by atoms with van der Waals surface area (Å²) < 4.78 is 18.2. The number of halogens is 1. The Balaban J connectivity index is 1.46. The van der Waals surface area contributed by atoms with E-state index in [-0.39, 0.29) is 17.5 Å². The molecule has 5 nitrogen and oxygen atoms in total. The molecule has 0 unspecified atom stereocenters. The standard InChI is InChI=1S/C19H18FN3O2S/c1-13-22-17-5-3-2-4-16(17)19(23-13)26-12-18(24)21-10-11-25-15-8-6-14(20)7-9-15/h2-9H,10-12H2,1H3,(H,21,24). The van der Waals surface area contributed by atoms with Gasteiger partial charge in [-0.1, -0.05) is 30.0 Å². The van der Waals surface area contributed by atoms with Crippen LogP contribution in [0.1, 0.15) is 5.82 Å². The highest BCUT2D eigenvalue weighted by Crippen LogP contribution is 2.24. The number of thioether (sulfide) groups is 1. The number of fused-ring (bicyclic) bond motifs is 1. The summed E-state index contributed by atoms with van der Waals surface area (Å²) in [7, 11) is 0. The van der Waals surface area contributed by atoms with Gasteiger partial charge in [-0.15, -0.1) is 0 Å². The van der Waals surface area contributed by atoms with Crippen LogP contribution < -0.4 is 10.1 Å². The minimum atomic E-state index is -0.310. The van der Waals surface area contributed by atoms with Crippen LogP contribution in [0.3, 0.4) is 0 Å². The minimum absolute atomic E-state index is 0.0990. The number of hydrogen-bond donors (Lipinski definition) is 1. The van der Waals surface area contributed by atoms with E-state index >= 15 is 0 Å². The van der Waals surface area contributed by atoms with Crippen LogP contribution in [-0.2, 0) is 4.79 Å². The fourth-order valence-electron chi connectivity index (χ4n) is 2.34. The molecule has 0 atom stereocenters. The molecule has 134 valence electrons. The molecule has 0 radical (unpaired) electrons. The van der Waals surface area contributed by atoms with E-state index < -0.39 is 0 Å². The first kappa shape index (κ1) is 18.1. The van der Waals surface area contributed by atoms with Crippen LogP contribution in [0, 0.1) is 12.7 Å². The van der Waals surface area contributed by atoms with E-state index in [9.17, 15) is 9.18 Å². The van der Waals surface area contributed by atoms with Crippen molar-refractivity contribution in [1.82, 2.24) is 15.3 Å².